The van der Waals surface area contributed by atoms with Crippen LogP contribution in [-0.2, 0) is 16.0 Å². The van der Waals surface area contributed by atoms with Gasteiger partial charge in [-0.2, -0.15) is 0 Å². The fourth-order valence-corrected chi connectivity index (χ4v) is 4.56. The molecular weight excluding hydrogens is 308 g/mol. The summed E-state index contributed by atoms with van der Waals surface area (Å²) < 4.78 is 5.47. The quantitative estimate of drug-likeness (QED) is 0.801. The average Bonchev–Trinajstić information content (AvgIpc) is 3.25. The summed E-state index contributed by atoms with van der Waals surface area (Å²) in [5.41, 5.74) is 0. The van der Waals surface area contributed by atoms with Gasteiger partial charge in [0.2, 0.25) is 5.91 Å². The van der Waals surface area contributed by atoms with Crippen LogP contribution in [0.3, 0.4) is 0 Å². The van der Waals surface area contributed by atoms with E-state index in [2.05, 4.69) is 34.2 Å². The molecule has 0 aromatic carbocycles. The lowest BCUT2D eigenvalue weighted by molar-refractivity contribution is -0.130. The Morgan fingerprint density at radius 1 is 1.35 bits per heavy atom. The summed E-state index contributed by atoms with van der Waals surface area (Å²) in [7, 11) is 0. The van der Waals surface area contributed by atoms with Crippen LogP contribution in [-0.4, -0.2) is 61.1 Å². The number of hydrogen-bond donors (Lipinski definition) is 0. The Morgan fingerprint density at radius 3 is 2.87 bits per heavy atom. The van der Waals surface area contributed by atoms with Crippen molar-refractivity contribution >= 4 is 17.2 Å². The van der Waals surface area contributed by atoms with E-state index in [1.54, 1.807) is 11.3 Å². The SMILES string of the molecule is CC[C@H]1CN(C(=O)CCCc2cccs2)C[C@@H]1N1CCOCC1. The highest BCUT2D eigenvalue weighted by molar-refractivity contribution is 7.09. The van der Waals surface area contributed by atoms with Gasteiger partial charge < -0.3 is 9.64 Å². The van der Waals surface area contributed by atoms with Gasteiger partial charge in [-0.05, 0) is 30.2 Å². The standard InChI is InChI=1S/C18H28N2O2S/c1-2-15-13-20(14-17(15)19-8-10-22-11-9-19)18(21)7-3-5-16-6-4-12-23-16/h4,6,12,15,17H,2-3,5,7-11,13-14H2,1H3/t15-,17-/m0/s1. The van der Waals surface area contributed by atoms with E-state index in [-0.39, 0.29) is 0 Å². The summed E-state index contributed by atoms with van der Waals surface area (Å²) in [6, 6.07) is 4.78. The van der Waals surface area contributed by atoms with Gasteiger partial charge in [-0.15, -0.1) is 11.3 Å². The van der Waals surface area contributed by atoms with Crippen LogP contribution in [0.15, 0.2) is 17.5 Å². The molecular formula is C18H28N2O2S. The summed E-state index contributed by atoms with van der Waals surface area (Å²) in [5.74, 6) is 0.963. The normalized spacial score (nSPS) is 25.9. The maximum atomic E-state index is 12.5. The minimum absolute atomic E-state index is 0.343. The molecule has 2 saturated heterocycles. The molecule has 0 radical (unpaired) electrons. The predicted octanol–water partition coefficient (Wildman–Crippen LogP) is 2.64. The number of morpholine rings is 1. The largest absolute Gasteiger partial charge is 0.379 e. The van der Waals surface area contributed by atoms with Crippen LogP contribution in [0.4, 0.5) is 0 Å². The maximum absolute atomic E-state index is 12.5. The van der Waals surface area contributed by atoms with Gasteiger partial charge >= 0.3 is 0 Å². The molecule has 4 nitrogen and oxygen atoms in total. The first-order valence-corrected chi connectivity index (χ1v) is 9.78. The van der Waals surface area contributed by atoms with Gasteiger partial charge in [0.1, 0.15) is 0 Å². The van der Waals surface area contributed by atoms with E-state index in [4.69, 9.17) is 4.74 Å². The number of hydrogen-bond acceptors (Lipinski definition) is 4. The van der Waals surface area contributed by atoms with Gasteiger partial charge in [0.15, 0.2) is 0 Å². The number of carbonyl (C=O) groups is 1. The van der Waals surface area contributed by atoms with Crippen molar-refractivity contribution in [3.8, 4) is 0 Å². The van der Waals surface area contributed by atoms with E-state index >= 15 is 0 Å². The lowest BCUT2D eigenvalue weighted by Crippen LogP contribution is -2.47. The third-order valence-corrected chi connectivity index (χ3v) is 6.13. The van der Waals surface area contributed by atoms with Crippen molar-refractivity contribution in [3.63, 3.8) is 0 Å². The van der Waals surface area contributed by atoms with Crippen LogP contribution in [0.2, 0.25) is 0 Å². The first-order valence-electron chi connectivity index (χ1n) is 8.90. The monoisotopic (exact) mass is 336 g/mol. The minimum atomic E-state index is 0.343. The third kappa shape index (κ3) is 4.34. The number of rotatable bonds is 6. The molecule has 128 valence electrons. The number of carbonyl (C=O) groups excluding carboxylic acids is 1. The van der Waals surface area contributed by atoms with Gasteiger partial charge in [-0.1, -0.05) is 19.4 Å². The zero-order valence-corrected chi connectivity index (χ0v) is 14.9. The molecule has 2 atom stereocenters. The van der Waals surface area contributed by atoms with E-state index in [0.29, 0.717) is 24.3 Å². The molecule has 0 N–H and O–H groups in total. The Hall–Kier alpha value is -0.910. The van der Waals surface area contributed by atoms with Gasteiger partial charge in [-0.3, -0.25) is 9.69 Å². The number of thiophene rings is 1. The van der Waals surface area contributed by atoms with Crippen LogP contribution < -0.4 is 0 Å². The number of ether oxygens (including phenoxy) is 1. The zero-order valence-electron chi connectivity index (χ0n) is 14.1. The Balaban J connectivity index is 1.48. The molecule has 1 aromatic heterocycles. The van der Waals surface area contributed by atoms with Crippen molar-refractivity contribution in [1.82, 2.24) is 9.80 Å². The molecule has 0 unspecified atom stereocenters. The zero-order chi connectivity index (χ0) is 16.1. The summed E-state index contributed by atoms with van der Waals surface area (Å²) in [6.45, 7) is 7.81. The fourth-order valence-electron chi connectivity index (χ4n) is 3.81. The maximum Gasteiger partial charge on any atom is 0.222 e. The molecule has 2 aliphatic rings. The van der Waals surface area contributed by atoms with Gasteiger partial charge in [0.25, 0.3) is 0 Å². The Labute approximate surface area is 143 Å². The smallest absolute Gasteiger partial charge is 0.222 e. The second-order valence-corrected chi connectivity index (χ2v) is 7.65. The molecule has 23 heavy (non-hydrogen) atoms. The Kier molecular flexibility index (Phi) is 6.08. The molecule has 0 aliphatic carbocycles. The Morgan fingerprint density at radius 2 is 2.17 bits per heavy atom. The lowest BCUT2D eigenvalue weighted by atomic mass is 9.99. The molecule has 2 fully saturated rings. The van der Waals surface area contributed by atoms with Gasteiger partial charge in [0.05, 0.1) is 13.2 Å². The van der Waals surface area contributed by atoms with Crippen LogP contribution in [0.5, 0.6) is 0 Å². The van der Waals surface area contributed by atoms with E-state index in [9.17, 15) is 4.79 Å². The molecule has 1 aromatic rings. The average molecular weight is 337 g/mol. The number of likely N-dealkylation sites (tertiary alicyclic amines) is 1. The van der Waals surface area contributed by atoms with Crippen molar-refractivity contribution in [2.75, 3.05) is 39.4 Å². The second-order valence-electron chi connectivity index (χ2n) is 6.62. The third-order valence-electron chi connectivity index (χ3n) is 5.19. The summed E-state index contributed by atoms with van der Waals surface area (Å²) in [6.07, 6.45) is 3.83. The van der Waals surface area contributed by atoms with Crippen LogP contribution in [0, 0.1) is 5.92 Å². The lowest BCUT2D eigenvalue weighted by Gasteiger charge is -2.34. The van der Waals surface area contributed by atoms with Crippen LogP contribution in [0.25, 0.3) is 0 Å². The summed E-state index contributed by atoms with van der Waals surface area (Å²) in [4.78, 5) is 18.6. The van der Waals surface area contributed by atoms with Crippen molar-refractivity contribution in [1.29, 1.82) is 0 Å². The van der Waals surface area contributed by atoms with Crippen molar-refractivity contribution < 1.29 is 9.53 Å². The van der Waals surface area contributed by atoms with Crippen molar-refractivity contribution in [2.24, 2.45) is 5.92 Å². The number of aryl methyl sites for hydroxylation is 1. The molecule has 3 rings (SSSR count). The van der Waals surface area contributed by atoms with Crippen LogP contribution >= 0.6 is 11.3 Å². The molecule has 3 heterocycles. The molecule has 1 amide bonds. The summed E-state index contributed by atoms with van der Waals surface area (Å²) >= 11 is 1.79. The van der Waals surface area contributed by atoms with Crippen molar-refractivity contribution in [2.45, 2.75) is 38.6 Å². The van der Waals surface area contributed by atoms with E-state index in [1.807, 2.05) is 0 Å². The Bertz CT molecular complexity index is 485. The predicted molar refractivity (Wildman–Crippen MR) is 93.8 cm³/mol. The molecule has 2 aliphatic heterocycles. The van der Waals surface area contributed by atoms with Crippen molar-refractivity contribution in [3.05, 3.63) is 22.4 Å². The van der Waals surface area contributed by atoms with E-state index in [1.165, 1.54) is 4.88 Å². The highest BCUT2D eigenvalue weighted by Crippen LogP contribution is 2.26. The molecule has 0 spiro atoms. The van der Waals surface area contributed by atoms with Gasteiger partial charge in [0, 0.05) is 43.5 Å². The first-order chi connectivity index (χ1) is 11.3. The number of nitrogens with zero attached hydrogens (tertiary/aromatic N) is 2. The molecule has 5 heteroatoms. The topological polar surface area (TPSA) is 32.8 Å². The van der Waals surface area contributed by atoms with Crippen LogP contribution in [0.1, 0.15) is 31.1 Å². The summed E-state index contributed by atoms with van der Waals surface area (Å²) in [5, 5.41) is 2.11. The highest BCUT2D eigenvalue weighted by Gasteiger charge is 2.37. The van der Waals surface area contributed by atoms with E-state index in [0.717, 1.165) is 58.7 Å². The first kappa shape index (κ1) is 16.9. The van der Waals surface area contributed by atoms with Gasteiger partial charge in [-0.25, -0.2) is 0 Å². The fraction of sp³-hybridized carbons (Fsp3) is 0.722. The number of amides is 1. The molecule has 0 saturated carbocycles. The highest BCUT2D eigenvalue weighted by atomic mass is 32.1. The second kappa shape index (κ2) is 8.27. The molecule has 0 bridgehead atoms. The van der Waals surface area contributed by atoms with E-state index < -0.39 is 0 Å². The minimum Gasteiger partial charge on any atom is -0.379 e.